The molecule has 0 aliphatic heterocycles. The van der Waals surface area contributed by atoms with Crippen molar-refractivity contribution in [3.8, 4) is 5.75 Å². The molecule has 2 aromatic rings. The highest BCUT2D eigenvalue weighted by Crippen LogP contribution is 2.18. The Bertz CT molecular complexity index is 717. The zero-order valence-electron chi connectivity index (χ0n) is 11.3. The summed E-state index contributed by atoms with van der Waals surface area (Å²) in [7, 11) is 0. The minimum atomic E-state index is -0.512. The van der Waals surface area contributed by atoms with E-state index in [2.05, 4.69) is 22.7 Å². The maximum atomic E-state index is 12.0. The van der Waals surface area contributed by atoms with Crippen LogP contribution in [0.3, 0.4) is 0 Å². The number of carbonyl (C=O) groups excluding carboxylic acids is 1. The zero-order chi connectivity index (χ0) is 15.9. The van der Waals surface area contributed by atoms with Crippen molar-refractivity contribution in [3.63, 3.8) is 0 Å². The molecule has 7 heteroatoms. The highest BCUT2D eigenvalue weighted by Gasteiger charge is 2.11. The summed E-state index contributed by atoms with van der Waals surface area (Å²) < 4.78 is 5.25. The van der Waals surface area contributed by atoms with E-state index in [1.54, 1.807) is 54.7 Å². The van der Waals surface area contributed by atoms with Crippen molar-refractivity contribution in [1.29, 1.82) is 0 Å². The number of benzene rings is 2. The van der Waals surface area contributed by atoms with Gasteiger partial charge in [-0.15, -0.1) is 0 Å². The third-order valence-corrected chi connectivity index (χ3v) is 2.99. The van der Waals surface area contributed by atoms with Crippen molar-refractivity contribution >= 4 is 41.1 Å². The topological polar surface area (TPSA) is 76.7 Å². The molecule has 0 saturated heterocycles. The Balaban J connectivity index is 2.02. The number of ether oxygens (including phenoxy) is 1. The number of nitrogens with one attached hydrogen (secondary N) is 1. The number of rotatable bonds is 4. The molecule has 3 N–H and O–H groups in total. The van der Waals surface area contributed by atoms with E-state index in [9.17, 15) is 4.79 Å². The quantitative estimate of drug-likeness (QED) is 0.296. The second-order valence-corrected chi connectivity index (χ2v) is 5.02. The van der Waals surface area contributed by atoms with Crippen LogP contribution in [-0.4, -0.2) is 17.3 Å². The molecule has 0 amide bonds. The predicted octanol–water partition coefficient (Wildman–Crippen LogP) is 2.73. The van der Waals surface area contributed by atoms with Gasteiger partial charge >= 0.3 is 5.97 Å². The average Bonchev–Trinajstić information content (AvgIpc) is 2.49. The molecule has 112 valence electrons. The molecule has 2 aromatic carbocycles. The van der Waals surface area contributed by atoms with Gasteiger partial charge in [0, 0.05) is 0 Å². The molecular formula is C15H12ClN3O2S. The van der Waals surface area contributed by atoms with Gasteiger partial charge in [0.15, 0.2) is 5.11 Å². The van der Waals surface area contributed by atoms with Gasteiger partial charge in [-0.3, -0.25) is 5.43 Å². The number of nitrogens with zero attached hydrogens (tertiary/aromatic N) is 1. The summed E-state index contributed by atoms with van der Waals surface area (Å²) in [6, 6.07) is 13.5. The van der Waals surface area contributed by atoms with Crippen LogP contribution in [0.4, 0.5) is 0 Å². The Labute approximate surface area is 137 Å². The molecule has 22 heavy (non-hydrogen) atoms. The van der Waals surface area contributed by atoms with Gasteiger partial charge in [0.2, 0.25) is 0 Å². The summed E-state index contributed by atoms with van der Waals surface area (Å²) in [4.78, 5) is 12.0. The number of carbonyl (C=O) groups is 1. The van der Waals surface area contributed by atoms with Crippen LogP contribution >= 0.6 is 23.8 Å². The first-order valence-corrected chi connectivity index (χ1v) is 7.00. The monoisotopic (exact) mass is 333 g/mol. The molecule has 2 rings (SSSR count). The lowest BCUT2D eigenvalue weighted by Crippen LogP contribution is -2.23. The normalized spacial score (nSPS) is 10.4. The summed E-state index contributed by atoms with van der Waals surface area (Å²) in [5, 5.41) is 4.26. The van der Waals surface area contributed by atoms with Crippen LogP contribution in [0.5, 0.6) is 5.75 Å². The lowest BCUT2D eigenvalue weighted by Gasteiger charge is -2.05. The number of hydrogen-bond donors (Lipinski definition) is 2. The SMILES string of the molecule is NC(=S)N/N=C\c1ccc(OC(=O)c2ccccc2Cl)cc1. The smallest absolute Gasteiger partial charge is 0.345 e. The number of esters is 1. The molecule has 0 radical (unpaired) electrons. The van der Waals surface area contributed by atoms with Gasteiger partial charge in [0.05, 0.1) is 16.8 Å². The van der Waals surface area contributed by atoms with Crippen molar-refractivity contribution in [2.24, 2.45) is 10.8 Å². The van der Waals surface area contributed by atoms with Crippen LogP contribution in [0, 0.1) is 0 Å². The highest BCUT2D eigenvalue weighted by atomic mass is 35.5. The lowest BCUT2D eigenvalue weighted by atomic mass is 10.2. The van der Waals surface area contributed by atoms with Crippen molar-refractivity contribution in [1.82, 2.24) is 5.43 Å². The van der Waals surface area contributed by atoms with Gasteiger partial charge in [0.25, 0.3) is 0 Å². The van der Waals surface area contributed by atoms with Crippen molar-refractivity contribution in [3.05, 3.63) is 64.7 Å². The summed E-state index contributed by atoms with van der Waals surface area (Å²) >= 11 is 10.6. The molecule has 0 saturated carbocycles. The average molecular weight is 334 g/mol. The Hall–Kier alpha value is -2.44. The largest absolute Gasteiger partial charge is 0.423 e. The van der Waals surface area contributed by atoms with Gasteiger partial charge in [-0.05, 0) is 54.2 Å². The van der Waals surface area contributed by atoms with Crippen LogP contribution in [0.25, 0.3) is 0 Å². The van der Waals surface area contributed by atoms with E-state index in [0.717, 1.165) is 5.56 Å². The number of thiocarbonyl (C=S) groups is 1. The number of hydrogen-bond acceptors (Lipinski definition) is 4. The van der Waals surface area contributed by atoms with Crippen LogP contribution in [0.15, 0.2) is 53.6 Å². The summed E-state index contributed by atoms with van der Waals surface area (Å²) in [5.74, 6) is -0.105. The third kappa shape index (κ3) is 4.54. The number of nitrogens with two attached hydrogens (primary N) is 1. The van der Waals surface area contributed by atoms with Crippen LogP contribution in [0.1, 0.15) is 15.9 Å². The first-order valence-electron chi connectivity index (χ1n) is 6.21. The third-order valence-electron chi connectivity index (χ3n) is 2.57. The fourth-order valence-electron chi connectivity index (χ4n) is 1.58. The van der Waals surface area contributed by atoms with Gasteiger partial charge in [-0.25, -0.2) is 4.79 Å². The second kappa shape index (κ2) is 7.53. The van der Waals surface area contributed by atoms with Gasteiger partial charge in [-0.2, -0.15) is 5.10 Å². The van der Waals surface area contributed by atoms with E-state index < -0.39 is 5.97 Å². The Morgan fingerprint density at radius 3 is 2.55 bits per heavy atom. The fraction of sp³-hybridized carbons (Fsp3) is 0. The molecule has 5 nitrogen and oxygen atoms in total. The second-order valence-electron chi connectivity index (χ2n) is 4.17. The van der Waals surface area contributed by atoms with Gasteiger partial charge in [-0.1, -0.05) is 23.7 Å². The van der Waals surface area contributed by atoms with E-state index >= 15 is 0 Å². The Morgan fingerprint density at radius 2 is 1.91 bits per heavy atom. The molecule has 0 aliphatic rings. The zero-order valence-corrected chi connectivity index (χ0v) is 12.9. The first-order chi connectivity index (χ1) is 10.6. The molecule has 0 heterocycles. The Kier molecular flexibility index (Phi) is 5.46. The van der Waals surface area contributed by atoms with Crippen molar-refractivity contribution in [2.45, 2.75) is 0 Å². The minimum Gasteiger partial charge on any atom is -0.423 e. The molecular weight excluding hydrogens is 322 g/mol. The van der Waals surface area contributed by atoms with E-state index in [-0.39, 0.29) is 5.11 Å². The molecule has 0 unspecified atom stereocenters. The van der Waals surface area contributed by atoms with Gasteiger partial charge < -0.3 is 10.5 Å². The fourth-order valence-corrected chi connectivity index (χ4v) is 1.85. The van der Waals surface area contributed by atoms with E-state index in [4.69, 9.17) is 22.1 Å². The molecule has 0 spiro atoms. The lowest BCUT2D eigenvalue weighted by molar-refractivity contribution is 0.0735. The Morgan fingerprint density at radius 1 is 1.23 bits per heavy atom. The van der Waals surface area contributed by atoms with E-state index in [1.807, 2.05) is 0 Å². The van der Waals surface area contributed by atoms with Crippen LogP contribution in [0.2, 0.25) is 5.02 Å². The van der Waals surface area contributed by atoms with Crippen LogP contribution in [-0.2, 0) is 0 Å². The van der Waals surface area contributed by atoms with Crippen molar-refractivity contribution < 1.29 is 9.53 Å². The molecule has 0 aliphatic carbocycles. The summed E-state index contributed by atoms with van der Waals surface area (Å²) in [6.45, 7) is 0. The summed E-state index contributed by atoms with van der Waals surface area (Å²) in [6.07, 6.45) is 1.54. The summed E-state index contributed by atoms with van der Waals surface area (Å²) in [5.41, 5.74) is 8.80. The van der Waals surface area contributed by atoms with E-state index in [0.29, 0.717) is 16.3 Å². The molecule has 0 aromatic heterocycles. The highest BCUT2D eigenvalue weighted by molar-refractivity contribution is 7.80. The maximum absolute atomic E-state index is 12.0. The first kappa shape index (κ1) is 15.9. The molecule has 0 atom stereocenters. The van der Waals surface area contributed by atoms with Crippen LogP contribution < -0.4 is 15.9 Å². The maximum Gasteiger partial charge on any atom is 0.345 e. The van der Waals surface area contributed by atoms with E-state index in [1.165, 1.54) is 0 Å². The van der Waals surface area contributed by atoms with Gasteiger partial charge in [0.1, 0.15) is 5.75 Å². The standard InChI is InChI=1S/C15H12ClN3O2S/c16-13-4-2-1-3-12(13)14(20)21-11-7-5-10(6-8-11)9-18-19-15(17)22/h1-9H,(H3,17,19,22)/b18-9-. The minimum absolute atomic E-state index is 0.0848. The number of halogens is 1. The molecule has 0 fully saturated rings. The number of hydrazone groups is 1. The molecule has 0 bridgehead atoms. The predicted molar refractivity (Wildman–Crippen MR) is 90.4 cm³/mol. The van der Waals surface area contributed by atoms with Crippen molar-refractivity contribution in [2.75, 3.05) is 0 Å².